The first-order valence-electron chi connectivity index (χ1n) is 9.72. The predicted molar refractivity (Wildman–Crippen MR) is 110 cm³/mol. The molecule has 31 heavy (non-hydrogen) atoms. The second-order valence-electron chi connectivity index (χ2n) is 7.98. The number of hydrogen-bond acceptors (Lipinski definition) is 4. The first-order chi connectivity index (χ1) is 14.6. The number of benzene rings is 1. The SMILES string of the molecule is O=C(Cc1[nH]c(=S)n2c1C[C@H](c1c(F)c(F)cc(F)c1F)C2)NC1CCS(O)(O)CC1. The summed E-state index contributed by atoms with van der Waals surface area (Å²) in [5.74, 6) is -6.45. The molecule has 1 aromatic carbocycles. The number of carbonyl (C=O) groups excluding carboxylic acids is 1. The van der Waals surface area contributed by atoms with Gasteiger partial charge in [-0.1, -0.05) is 0 Å². The molecule has 170 valence electrons. The van der Waals surface area contributed by atoms with Crippen molar-refractivity contribution < 1.29 is 31.5 Å². The number of carbonyl (C=O) groups is 1. The molecule has 3 heterocycles. The van der Waals surface area contributed by atoms with E-state index in [-0.39, 0.29) is 53.7 Å². The van der Waals surface area contributed by atoms with Gasteiger partial charge in [-0.3, -0.25) is 13.9 Å². The lowest BCUT2D eigenvalue weighted by Gasteiger charge is -2.39. The third kappa shape index (κ3) is 4.38. The zero-order valence-corrected chi connectivity index (χ0v) is 17.9. The molecule has 4 rings (SSSR count). The molecular weight excluding hydrogens is 458 g/mol. The molecule has 12 heteroatoms. The van der Waals surface area contributed by atoms with Gasteiger partial charge < -0.3 is 14.9 Å². The fourth-order valence-corrected chi connectivity index (χ4v) is 6.12. The van der Waals surface area contributed by atoms with Crippen molar-refractivity contribution in [1.29, 1.82) is 0 Å². The highest BCUT2D eigenvalue weighted by molar-refractivity contribution is 8.24. The van der Waals surface area contributed by atoms with Crippen LogP contribution >= 0.6 is 22.8 Å². The molecule has 1 saturated heterocycles. The Morgan fingerprint density at radius 1 is 1.19 bits per heavy atom. The number of halogens is 4. The lowest BCUT2D eigenvalue weighted by Crippen LogP contribution is -2.40. The fourth-order valence-electron chi connectivity index (χ4n) is 4.28. The molecule has 0 spiro atoms. The number of H-pyrrole nitrogens is 1. The molecule has 1 aromatic heterocycles. The van der Waals surface area contributed by atoms with Crippen LogP contribution in [-0.2, 0) is 24.2 Å². The van der Waals surface area contributed by atoms with Gasteiger partial charge in [-0.05, 0) is 31.5 Å². The third-order valence-corrected chi connectivity index (χ3v) is 7.96. The summed E-state index contributed by atoms with van der Waals surface area (Å²) in [6.45, 7) is 0.0313. The summed E-state index contributed by atoms with van der Waals surface area (Å²) in [6.07, 6.45) is 0.929. The van der Waals surface area contributed by atoms with Gasteiger partial charge in [0.2, 0.25) is 5.91 Å². The van der Waals surface area contributed by atoms with Gasteiger partial charge in [0.1, 0.15) is 0 Å². The Morgan fingerprint density at radius 3 is 2.42 bits per heavy atom. The van der Waals surface area contributed by atoms with E-state index >= 15 is 0 Å². The minimum Gasteiger partial charge on any atom is -0.353 e. The highest BCUT2D eigenvalue weighted by Crippen LogP contribution is 2.44. The van der Waals surface area contributed by atoms with Crippen molar-refractivity contribution in [2.24, 2.45) is 0 Å². The van der Waals surface area contributed by atoms with E-state index < -0.39 is 45.3 Å². The lowest BCUT2D eigenvalue weighted by atomic mass is 9.94. The molecule has 2 aliphatic rings. The van der Waals surface area contributed by atoms with E-state index in [1.54, 1.807) is 4.57 Å². The first-order valence-corrected chi connectivity index (χ1v) is 12.0. The number of hydrogen-bond donors (Lipinski definition) is 4. The molecule has 2 aliphatic heterocycles. The van der Waals surface area contributed by atoms with E-state index in [0.29, 0.717) is 24.2 Å². The van der Waals surface area contributed by atoms with Gasteiger partial charge in [0, 0.05) is 53.0 Å². The van der Waals surface area contributed by atoms with Crippen LogP contribution in [0.2, 0.25) is 0 Å². The van der Waals surface area contributed by atoms with Crippen LogP contribution in [-0.4, -0.2) is 42.1 Å². The van der Waals surface area contributed by atoms with E-state index in [4.69, 9.17) is 12.2 Å². The molecule has 6 nitrogen and oxygen atoms in total. The Morgan fingerprint density at radius 2 is 1.81 bits per heavy atom. The maximum Gasteiger partial charge on any atom is 0.226 e. The highest BCUT2D eigenvalue weighted by Gasteiger charge is 2.34. The minimum atomic E-state index is -2.55. The number of aromatic amines is 1. The number of rotatable bonds is 4. The molecule has 1 fully saturated rings. The molecular formula is C19H21F4N3O3S2. The topological polar surface area (TPSA) is 90.3 Å². The zero-order chi connectivity index (χ0) is 22.5. The predicted octanol–water partition coefficient (Wildman–Crippen LogP) is 4.01. The van der Waals surface area contributed by atoms with Gasteiger partial charge in [0.05, 0.1) is 6.42 Å². The van der Waals surface area contributed by atoms with Gasteiger partial charge in [-0.25, -0.2) is 17.6 Å². The summed E-state index contributed by atoms with van der Waals surface area (Å²) in [7, 11) is -2.55. The summed E-state index contributed by atoms with van der Waals surface area (Å²) < 4.78 is 76.9. The molecule has 0 unspecified atom stereocenters. The number of imidazole rings is 1. The minimum absolute atomic E-state index is 0.0313. The molecule has 0 aliphatic carbocycles. The molecule has 0 saturated carbocycles. The van der Waals surface area contributed by atoms with Crippen molar-refractivity contribution in [3.8, 4) is 0 Å². The average Bonchev–Trinajstić information content (AvgIpc) is 3.23. The summed E-state index contributed by atoms with van der Waals surface area (Å²) in [4.78, 5) is 15.4. The molecule has 0 radical (unpaired) electrons. The third-order valence-electron chi connectivity index (χ3n) is 5.86. The Labute approximate surface area is 182 Å². The summed E-state index contributed by atoms with van der Waals surface area (Å²) >= 11 is 5.25. The lowest BCUT2D eigenvalue weighted by molar-refractivity contribution is -0.121. The van der Waals surface area contributed by atoms with Crippen molar-refractivity contribution >= 4 is 28.7 Å². The van der Waals surface area contributed by atoms with Crippen LogP contribution in [0.4, 0.5) is 17.6 Å². The molecule has 1 amide bonds. The van der Waals surface area contributed by atoms with Crippen LogP contribution in [0.3, 0.4) is 0 Å². The molecule has 4 N–H and O–H groups in total. The molecule has 0 bridgehead atoms. The smallest absolute Gasteiger partial charge is 0.226 e. The van der Waals surface area contributed by atoms with E-state index in [0.717, 1.165) is 0 Å². The fraction of sp³-hybridized carbons (Fsp3) is 0.474. The molecule has 2 aromatic rings. The van der Waals surface area contributed by atoms with Crippen LogP contribution in [0, 0.1) is 28.0 Å². The van der Waals surface area contributed by atoms with Crippen molar-refractivity contribution in [3.05, 3.63) is 51.1 Å². The first kappa shape index (κ1) is 22.3. The Bertz CT molecular complexity index is 1070. The van der Waals surface area contributed by atoms with Crippen LogP contribution in [0.25, 0.3) is 0 Å². The van der Waals surface area contributed by atoms with Crippen LogP contribution in [0.15, 0.2) is 6.07 Å². The standard InChI is InChI=1S/C19H21F4N3O3S2/c20-11-6-12(21)18(23)16(17(11)22)9-5-14-13(25-19(30)26(14)8-9)7-15(27)24-10-1-3-31(28,29)4-2-10/h6,9-10,28-29H,1-5,7-8H2,(H,24,27)(H,25,30)/t9-/m0/s1. The number of amides is 1. The van der Waals surface area contributed by atoms with Crippen LogP contribution < -0.4 is 5.32 Å². The maximum atomic E-state index is 14.2. The van der Waals surface area contributed by atoms with Gasteiger partial charge >= 0.3 is 0 Å². The Balaban J connectivity index is 1.49. The second kappa shape index (κ2) is 8.23. The largest absolute Gasteiger partial charge is 0.353 e. The molecule has 1 atom stereocenters. The van der Waals surface area contributed by atoms with Crippen molar-refractivity contribution in [3.63, 3.8) is 0 Å². The Kier molecular flexibility index (Phi) is 5.92. The zero-order valence-electron chi connectivity index (χ0n) is 16.3. The quantitative estimate of drug-likeness (QED) is 0.303. The monoisotopic (exact) mass is 479 g/mol. The van der Waals surface area contributed by atoms with Crippen LogP contribution in [0.1, 0.15) is 35.7 Å². The summed E-state index contributed by atoms with van der Waals surface area (Å²) in [5.41, 5.74) is 0.376. The van der Waals surface area contributed by atoms with Gasteiger partial charge in [-0.15, -0.1) is 0 Å². The number of nitrogens with one attached hydrogen (secondary N) is 2. The van der Waals surface area contributed by atoms with Crippen molar-refractivity contribution in [2.75, 3.05) is 11.5 Å². The van der Waals surface area contributed by atoms with E-state index in [2.05, 4.69) is 10.3 Å². The summed E-state index contributed by atoms with van der Waals surface area (Å²) in [5, 5.41) is 2.85. The van der Waals surface area contributed by atoms with Crippen LogP contribution in [0.5, 0.6) is 0 Å². The normalized spacial score (nSPS) is 21.7. The number of fused-ring (bicyclic) bond motifs is 1. The van der Waals surface area contributed by atoms with Crippen molar-refractivity contribution in [2.45, 2.75) is 44.2 Å². The van der Waals surface area contributed by atoms with Gasteiger partial charge in [-0.2, -0.15) is 10.6 Å². The van der Waals surface area contributed by atoms with Crippen molar-refractivity contribution in [1.82, 2.24) is 14.9 Å². The highest BCUT2D eigenvalue weighted by atomic mass is 32.3. The maximum absolute atomic E-state index is 14.2. The van der Waals surface area contributed by atoms with Gasteiger partial charge in [0.25, 0.3) is 0 Å². The second-order valence-corrected chi connectivity index (χ2v) is 10.8. The average molecular weight is 480 g/mol. The summed E-state index contributed by atoms with van der Waals surface area (Å²) in [6, 6.07) is 0.00723. The number of nitrogens with zero attached hydrogens (tertiary/aromatic N) is 1. The van der Waals surface area contributed by atoms with Gasteiger partial charge in [0.15, 0.2) is 28.0 Å². The van der Waals surface area contributed by atoms with E-state index in [1.807, 2.05) is 0 Å². The number of aromatic nitrogens is 2. The van der Waals surface area contributed by atoms with E-state index in [9.17, 15) is 31.5 Å². The Hall–Kier alpha value is -1.89. The van der Waals surface area contributed by atoms with E-state index in [1.165, 1.54) is 0 Å².